The molecule has 3 heterocycles. The number of methoxy groups -OCH3 is 1. The van der Waals surface area contributed by atoms with Crippen molar-refractivity contribution in [2.75, 3.05) is 19.0 Å². The van der Waals surface area contributed by atoms with Gasteiger partial charge in [-0.05, 0) is 23.8 Å². The van der Waals surface area contributed by atoms with Gasteiger partial charge in [-0.15, -0.1) is 0 Å². The SMILES string of the molecule is COc1ccc2c(c1)[C@@H](C(=O)N1CCc3[nH]nc(C(N)=O)c3C1)CC(=O)N2. The Bertz CT molecular complexity index is 951. The molecule has 4 N–H and O–H groups in total. The number of nitrogens with zero attached hydrogens (tertiary/aromatic N) is 2. The van der Waals surface area contributed by atoms with Gasteiger partial charge in [0.15, 0.2) is 5.69 Å². The number of hydrogen-bond acceptors (Lipinski definition) is 5. The van der Waals surface area contributed by atoms with E-state index in [2.05, 4.69) is 15.5 Å². The van der Waals surface area contributed by atoms with Crippen LogP contribution in [-0.4, -0.2) is 46.5 Å². The minimum absolute atomic E-state index is 0.0659. The van der Waals surface area contributed by atoms with Crippen molar-refractivity contribution in [1.82, 2.24) is 15.1 Å². The molecule has 0 bridgehead atoms. The lowest BCUT2D eigenvalue weighted by Gasteiger charge is -2.33. The summed E-state index contributed by atoms with van der Waals surface area (Å²) in [5, 5.41) is 9.56. The number of ether oxygens (including phenoxy) is 1. The van der Waals surface area contributed by atoms with E-state index in [1.165, 1.54) is 0 Å². The summed E-state index contributed by atoms with van der Waals surface area (Å²) in [5.41, 5.74) is 8.33. The van der Waals surface area contributed by atoms with Gasteiger partial charge in [0.05, 0.1) is 13.0 Å². The third-order valence-corrected chi connectivity index (χ3v) is 5.07. The van der Waals surface area contributed by atoms with Gasteiger partial charge in [0.25, 0.3) is 5.91 Å². The van der Waals surface area contributed by atoms with Crippen molar-refractivity contribution in [2.24, 2.45) is 5.73 Å². The highest BCUT2D eigenvalue weighted by Crippen LogP contribution is 2.37. The lowest BCUT2D eigenvalue weighted by molar-refractivity contribution is -0.135. The lowest BCUT2D eigenvalue weighted by atomic mass is 9.88. The first-order valence-corrected chi connectivity index (χ1v) is 8.60. The van der Waals surface area contributed by atoms with Gasteiger partial charge in [-0.25, -0.2) is 0 Å². The Morgan fingerprint density at radius 3 is 2.93 bits per heavy atom. The number of amides is 3. The minimum Gasteiger partial charge on any atom is -0.497 e. The number of aromatic nitrogens is 2. The highest BCUT2D eigenvalue weighted by Gasteiger charge is 2.36. The van der Waals surface area contributed by atoms with E-state index >= 15 is 0 Å². The molecule has 2 aliphatic rings. The van der Waals surface area contributed by atoms with Crippen molar-refractivity contribution in [3.05, 3.63) is 40.7 Å². The van der Waals surface area contributed by atoms with E-state index < -0.39 is 11.8 Å². The summed E-state index contributed by atoms with van der Waals surface area (Å²) in [4.78, 5) is 38.5. The number of rotatable bonds is 3. The second-order valence-electron chi connectivity index (χ2n) is 6.66. The molecule has 140 valence electrons. The predicted molar refractivity (Wildman–Crippen MR) is 95.2 cm³/mol. The number of carbonyl (C=O) groups excluding carboxylic acids is 3. The van der Waals surface area contributed by atoms with Gasteiger partial charge in [0.2, 0.25) is 11.8 Å². The monoisotopic (exact) mass is 369 g/mol. The van der Waals surface area contributed by atoms with Crippen molar-refractivity contribution in [1.29, 1.82) is 0 Å². The number of H-pyrrole nitrogens is 1. The summed E-state index contributed by atoms with van der Waals surface area (Å²) < 4.78 is 5.26. The smallest absolute Gasteiger partial charge is 0.269 e. The van der Waals surface area contributed by atoms with Gasteiger partial charge in [-0.1, -0.05) is 0 Å². The Morgan fingerprint density at radius 2 is 2.19 bits per heavy atom. The molecule has 2 aromatic rings. The molecular formula is C18H19N5O4. The number of aromatic amines is 1. The number of fused-ring (bicyclic) bond motifs is 2. The molecule has 0 aliphatic carbocycles. The van der Waals surface area contributed by atoms with Crippen molar-refractivity contribution in [2.45, 2.75) is 25.3 Å². The van der Waals surface area contributed by atoms with Crippen LogP contribution in [0.3, 0.4) is 0 Å². The van der Waals surface area contributed by atoms with Crippen molar-refractivity contribution in [3.63, 3.8) is 0 Å². The topological polar surface area (TPSA) is 130 Å². The van der Waals surface area contributed by atoms with Crippen molar-refractivity contribution in [3.8, 4) is 5.75 Å². The van der Waals surface area contributed by atoms with Gasteiger partial charge in [0.1, 0.15) is 5.75 Å². The zero-order chi connectivity index (χ0) is 19.1. The first kappa shape index (κ1) is 17.1. The fourth-order valence-corrected chi connectivity index (χ4v) is 3.69. The quantitative estimate of drug-likeness (QED) is 0.726. The third kappa shape index (κ3) is 2.90. The fraction of sp³-hybridized carbons (Fsp3) is 0.333. The molecular weight excluding hydrogens is 350 g/mol. The van der Waals surface area contributed by atoms with E-state index in [0.717, 1.165) is 11.3 Å². The molecule has 0 fully saturated rings. The Hall–Kier alpha value is -3.36. The maximum absolute atomic E-state index is 13.2. The molecule has 1 aromatic heterocycles. The third-order valence-electron chi connectivity index (χ3n) is 5.07. The average molecular weight is 369 g/mol. The summed E-state index contributed by atoms with van der Waals surface area (Å²) in [6.45, 7) is 0.712. The number of nitrogens with one attached hydrogen (secondary N) is 2. The molecule has 3 amide bonds. The van der Waals surface area contributed by atoms with E-state index in [1.54, 1.807) is 30.2 Å². The summed E-state index contributed by atoms with van der Waals surface area (Å²) in [5.74, 6) is -0.982. The van der Waals surface area contributed by atoms with E-state index in [9.17, 15) is 14.4 Å². The molecule has 9 nitrogen and oxygen atoms in total. The van der Waals surface area contributed by atoms with Crippen molar-refractivity contribution < 1.29 is 19.1 Å². The number of anilines is 1. The first-order valence-electron chi connectivity index (χ1n) is 8.60. The Balaban J connectivity index is 1.65. The van der Waals surface area contributed by atoms with Gasteiger partial charge >= 0.3 is 0 Å². The van der Waals surface area contributed by atoms with Crippen molar-refractivity contribution >= 4 is 23.4 Å². The van der Waals surface area contributed by atoms with Crippen LogP contribution in [-0.2, 0) is 22.6 Å². The summed E-state index contributed by atoms with van der Waals surface area (Å²) in [6.07, 6.45) is 0.613. The Morgan fingerprint density at radius 1 is 1.37 bits per heavy atom. The standard InChI is InChI=1S/C18H19N5O4/c1-27-9-2-3-13-10(6-9)11(7-15(24)20-13)18(26)23-5-4-14-12(8-23)16(17(19)25)22-21-14/h2-3,6,11H,4-5,7-8H2,1H3,(H2,19,25)(H,20,24)(H,21,22)/t11-/m0/s1. The van der Waals surface area contributed by atoms with Crippen LogP contribution in [0.25, 0.3) is 0 Å². The van der Waals surface area contributed by atoms with Crippen LogP contribution in [0.5, 0.6) is 5.75 Å². The summed E-state index contributed by atoms with van der Waals surface area (Å²) >= 11 is 0. The van der Waals surface area contributed by atoms with Gasteiger partial charge < -0.3 is 20.7 Å². The van der Waals surface area contributed by atoms with E-state index in [1.807, 2.05) is 0 Å². The van der Waals surface area contributed by atoms with E-state index in [4.69, 9.17) is 10.5 Å². The minimum atomic E-state index is -0.631. The molecule has 0 saturated heterocycles. The molecule has 0 unspecified atom stereocenters. The number of nitrogens with two attached hydrogens (primary N) is 1. The molecule has 2 aliphatic heterocycles. The molecule has 27 heavy (non-hydrogen) atoms. The van der Waals surface area contributed by atoms with Crippen LogP contribution < -0.4 is 15.8 Å². The molecule has 1 aromatic carbocycles. The molecule has 9 heteroatoms. The second-order valence-corrected chi connectivity index (χ2v) is 6.66. The summed E-state index contributed by atoms with van der Waals surface area (Å²) in [7, 11) is 1.55. The highest BCUT2D eigenvalue weighted by atomic mass is 16.5. The molecule has 1 atom stereocenters. The average Bonchev–Trinajstić information content (AvgIpc) is 3.09. The lowest BCUT2D eigenvalue weighted by Crippen LogP contribution is -2.41. The zero-order valence-electron chi connectivity index (χ0n) is 14.7. The van der Waals surface area contributed by atoms with Gasteiger partial charge in [0, 0.05) is 42.9 Å². The van der Waals surface area contributed by atoms with Gasteiger partial charge in [-0.2, -0.15) is 5.10 Å². The number of primary amides is 1. The van der Waals surface area contributed by atoms with Crippen LogP contribution in [0.2, 0.25) is 0 Å². The van der Waals surface area contributed by atoms with Crippen LogP contribution in [0.4, 0.5) is 5.69 Å². The first-order chi connectivity index (χ1) is 13.0. The Kier molecular flexibility index (Phi) is 4.06. The van der Waals surface area contributed by atoms with Crippen LogP contribution >= 0.6 is 0 Å². The maximum Gasteiger partial charge on any atom is 0.269 e. The second kappa shape index (κ2) is 6.42. The van der Waals surface area contributed by atoms with E-state index in [0.29, 0.717) is 30.0 Å². The number of carbonyl (C=O) groups is 3. The normalized spacial score (nSPS) is 18.3. The zero-order valence-corrected chi connectivity index (χ0v) is 14.7. The highest BCUT2D eigenvalue weighted by molar-refractivity contribution is 6.01. The summed E-state index contributed by atoms with van der Waals surface area (Å²) in [6, 6.07) is 5.25. The van der Waals surface area contributed by atoms with Crippen LogP contribution in [0, 0.1) is 0 Å². The largest absolute Gasteiger partial charge is 0.497 e. The van der Waals surface area contributed by atoms with Gasteiger partial charge in [-0.3, -0.25) is 19.5 Å². The fourth-order valence-electron chi connectivity index (χ4n) is 3.69. The maximum atomic E-state index is 13.2. The van der Waals surface area contributed by atoms with Crippen LogP contribution in [0.15, 0.2) is 18.2 Å². The van der Waals surface area contributed by atoms with E-state index in [-0.39, 0.29) is 30.5 Å². The number of hydrogen-bond donors (Lipinski definition) is 3. The Labute approximate surface area is 154 Å². The molecule has 4 rings (SSSR count). The predicted octanol–water partition coefficient (Wildman–Crippen LogP) is 0.528. The van der Waals surface area contributed by atoms with Crippen LogP contribution in [0.1, 0.15) is 39.6 Å². The molecule has 0 radical (unpaired) electrons. The molecule has 0 saturated carbocycles. The molecule has 0 spiro atoms. The number of benzene rings is 1.